The molecule has 88 valence electrons. The second-order valence-corrected chi connectivity index (χ2v) is 4.40. The molecule has 1 fully saturated rings. The van der Waals surface area contributed by atoms with Crippen LogP contribution in [0.25, 0.3) is 0 Å². The van der Waals surface area contributed by atoms with Crippen molar-refractivity contribution >= 4 is 0 Å². The van der Waals surface area contributed by atoms with E-state index < -0.39 is 0 Å². The highest BCUT2D eigenvalue weighted by Crippen LogP contribution is 2.11. The molecule has 0 radical (unpaired) electrons. The minimum absolute atomic E-state index is 0.866. The maximum Gasteiger partial charge on any atom is 0.0469 e. The topological polar surface area (TPSA) is 21.3 Å². The van der Waals surface area contributed by atoms with E-state index in [1.807, 2.05) is 6.08 Å². The smallest absolute Gasteiger partial charge is 0.0469 e. The summed E-state index contributed by atoms with van der Waals surface area (Å²) in [5.41, 5.74) is 0. The van der Waals surface area contributed by atoms with Gasteiger partial charge in [-0.3, -0.25) is 0 Å². The van der Waals surface area contributed by atoms with Gasteiger partial charge in [0, 0.05) is 13.2 Å². The number of rotatable bonds is 9. The molecule has 1 rings (SSSR count). The summed E-state index contributed by atoms with van der Waals surface area (Å²) in [6.45, 7) is 8.01. The van der Waals surface area contributed by atoms with E-state index in [-0.39, 0.29) is 0 Å². The molecule has 1 N–H and O–H groups in total. The van der Waals surface area contributed by atoms with Crippen molar-refractivity contribution in [3.05, 3.63) is 12.7 Å². The lowest BCUT2D eigenvalue weighted by Crippen LogP contribution is -2.11. The Morgan fingerprint density at radius 3 is 2.93 bits per heavy atom. The van der Waals surface area contributed by atoms with E-state index in [9.17, 15) is 0 Å². The Bertz CT molecular complexity index is 153. The third kappa shape index (κ3) is 6.69. The highest BCUT2D eigenvalue weighted by atomic mass is 16.5. The number of nitrogens with one attached hydrogen (secondary N) is 1. The van der Waals surface area contributed by atoms with Crippen LogP contribution in [0.5, 0.6) is 0 Å². The summed E-state index contributed by atoms with van der Waals surface area (Å²) in [6, 6.07) is 0. The van der Waals surface area contributed by atoms with Crippen LogP contribution in [0.1, 0.15) is 38.5 Å². The first-order valence-electron chi connectivity index (χ1n) is 6.33. The summed E-state index contributed by atoms with van der Waals surface area (Å²) in [5, 5.41) is 3.38. The number of hydrogen-bond donors (Lipinski definition) is 1. The van der Waals surface area contributed by atoms with Crippen molar-refractivity contribution in [2.24, 2.45) is 5.92 Å². The zero-order valence-electron chi connectivity index (χ0n) is 9.84. The fraction of sp³-hybridized carbons (Fsp3) is 0.846. The van der Waals surface area contributed by atoms with E-state index >= 15 is 0 Å². The van der Waals surface area contributed by atoms with Gasteiger partial charge in [0.2, 0.25) is 0 Å². The Balaban J connectivity index is 1.74. The molecule has 1 atom stereocenters. The SMILES string of the molecule is C=CCCCCCOCCC1CCNC1. The van der Waals surface area contributed by atoms with Crippen LogP contribution in [-0.4, -0.2) is 26.3 Å². The molecule has 0 bridgehead atoms. The van der Waals surface area contributed by atoms with E-state index in [4.69, 9.17) is 4.74 Å². The predicted octanol–water partition coefficient (Wildman–Crippen LogP) is 2.75. The minimum Gasteiger partial charge on any atom is -0.381 e. The molecule has 0 aromatic carbocycles. The predicted molar refractivity (Wildman–Crippen MR) is 65.1 cm³/mol. The van der Waals surface area contributed by atoms with Crippen molar-refractivity contribution < 1.29 is 4.74 Å². The van der Waals surface area contributed by atoms with Crippen LogP contribution >= 0.6 is 0 Å². The van der Waals surface area contributed by atoms with Crippen molar-refractivity contribution in [1.29, 1.82) is 0 Å². The molecular formula is C13H25NO. The van der Waals surface area contributed by atoms with Gasteiger partial charge in [-0.25, -0.2) is 0 Å². The van der Waals surface area contributed by atoms with Gasteiger partial charge >= 0.3 is 0 Å². The number of unbranched alkanes of at least 4 members (excludes halogenated alkanes) is 3. The first-order valence-corrected chi connectivity index (χ1v) is 6.33. The van der Waals surface area contributed by atoms with E-state index in [1.54, 1.807) is 0 Å². The number of hydrogen-bond acceptors (Lipinski definition) is 2. The Kier molecular flexibility index (Phi) is 7.58. The third-order valence-corrected chi connectivity index (χ3v) is 3.03. The summed E-state index contributed by atoms with van der Waals surface area (Å²) in [6.07, 6.45) is 9.46. The number of allylic oxidation sites excluding steroid dienone is 1. The summed E-state index contributed by atoms with van der Waals surface area (Å²) in [4.78, 5) is 0. The average molecular weight is 211 g/mol. The lowest BCUT2D eigenvalue weighted by molar-refractivity contribution is 0.118. The highest BCUT2D eigenvalue weighted by molar-refractivity contribution is 4.70. The average Bonchev–Trinajstić information content (AvgIpc) is 2.75. The molecule has 0 aromatic rings. The van der Waals surface area contributed by atoms with Crippen molar-refractivity contribution in [1.82, 2.24) is 5.32 Å². The summed E-state index contributed by atoms with van der Waals surface area (Å²) in [7, 11) is 0. The molecule has 0 spiro atoms. The van der Waals surface area contributed by atoms with Gasteiger partial charge in [0.05, 0.1) is 0 Å². The number of ether oxygens (including phenoxy) is 1. The molecule has 0 amide bonds. The largest absolute Gasteiger partial charge is 0.381 e. The fourth-order valence-electron chi connectivity index (χ4n) is 1.98. The Morgan fingerprint density at radius 2 is 2.20 bits per heavy atom. The molecule has 0 saturated carbocycles. The monoisotopic (exact) mass is 211 g/mol. The highest BCUT2D eigenvalue weighted by Gasteiger charge is 2.13. The van der Waals surface area contributed by atoms with Gasteiger partial charge in [0.25, 0.3) is 0 Å². The van der Waals surface area contributed by atoms with Gasteiger partial charge in [-0.05, 0) is 51.1 Å². The van der Waals surface area contributed by atoms with E-state index in [0.717, 1.165) is 25.6 Å². The van der Waals surface area contributed by atoms with Gasteiger partial charge in [-0.15, -0.1) is 6.58 Å². The molecule has 0 aliphatic carbocycles. The van der Waals surface area contributed by atoms with Crippen LogP contribution < -0.4 is 5.32 Å². The standard InChI is InChI=1S/C13H25NO/c1-2-3-4-5-6-10-15-11-8-13-7-9-14-12-13/h2,13-14H,1,3-12H2. The second kappa shape index (κ2) is 8.93. The molecule has 1 aliphatic rings. The third-order valence-electron chi connectivity index (χ3n) is 3.03. The summed E-state index contributed by atoms with van der Waals surface area (Å²) < 4.78 is 5.62. The molecule has 1 saturated heterocycles. The van der Waals surface area contributed by atoms with E-state index in [1.165, 1.54) is 45.2 Å². The zero-order chi connectivity index (χ0) is 10.8. The Hall–Kier alpha value is -0.340. The van der Waals surface area contributed by atoms with Crippen LogP contribution in [0, 0.1) is 5.92 Å². The first kappa shape index (κ1) is 12.7. The second-order valence-electron chi connectivity index (χ2n) is 4.40. The van der Waals surface area contributed by atoms with Crippen molar-refractivity contribution in [2.75, 3.05) is 26.3 Å². The van der Waals surface area contributed by atoms with Crippen LogP contribution in [0.2, 0.25) is 0 Å². The van der Waals surface area contributed by atoms with Gasteiger partial charge in [-0.2, -0.15) is 0 Å². The maximum absolute atomic E-state index is 5.62. The van der Waals surface area contributed by atoms with E-state index in [0.29, 0.717) is 0 Å². The lowest BCUT2D eigenvalue weighted by Gasteiger charge is -2.08. The van der Waals surface area contributed by atoms with Crippen LogP contribution in [0.3, 0.4) is 0 Å². The Morgan fingerprint density at radius 1 is 1.27 bits per heavy atom. The van der Waals surface area contributed by atoms with Crippen molar-refractivity contribution in [3.8, 4) is 0 Å². The zero-order valence-corrected chi connectivity index (χ0v) is 9.84. The van der Waals surface area contributed by atoms with Gasteiger partial charge < -0.3 is 10.1 Å². The van der Waals surface area contributed by atoms with Gasteiger partial charge in [-0.1, -0.05) is 12.5 Å². The van der Waals surface area contributed by atoms with Crippen LogP contribution in [-0.2, 0) is 4.74 Å². The summed E-state index contributed by atoms with van der Waals surface area (Å²) in [5.74, 6) is 0.866. The van der Waals surface area contributed by atoms with Crippen molar-refractivity contribution in [3.63, 3.8) is 0 Å². The molecule has 2 heteroatoms. The molecule has 1 unspecified atom stereocenters. The van der Waals surface area contributed by atoms with Crippen molar-refractivity contribution in [2.45, 2.75) is 38.5 Å². The normalized spacial score (nSPS) is 20.7. The molecule has 2 nitrogen and oxygen atoms in total. The molecule has 15 heavy (non-hydrogen) atoms. The van der Waals surface area contributed by atoms with E-state index in [2.05, 4.69) is 11.9 Å². The molecule has 1 heterocycles. The maximum atomic E-state index is 5.62. The quantitative estimate of drug-likeness (QED) is 0.468. The lowest BCUT2D eigenvalue weighted by atomic mass is 10.1. The molecule has 0 aromatic heterocycles. The van der Waals surface area contributed by atoms with Crippen LogP contribution in [0.15, 0.2) is 12.7 Å². The summed E-state index contributed by atoms with van der Waals surface area (Å²) >= 11 is 0. The van der Waals surface area contributed by atoms with Gasteiger partial charge in [0.15, 0.2) is 0 Å². The van der Waals surface area contributed by atoms with Crippen LogP contribution in [0.4, 0.5) is 0 Å². The minimum atomic E-state index is 0.866. The first-order chi connectivity index (χ1) is 7.43. The molecule has 1 aliphatic heterocycles. The molecular weight excluding hydrogens is 186 g/mol. The Labute approximate surface area is 94.1 Å². The fourth-order valence-corrected chi connectivity index (χ4v) is 1.98. The van der Waals surface area contributed by atoms with Gasteiger partial charge in [0.1, 0.15) is 0 Å².